The molecule has 0 bridgehead atoms. The molecule has 20 heavy (non-hydrogen) atoms. The average Bonchev–Trinajstić information content (AvgIpc) is 2.80. The van der Waals surface area contributed by atoms with Crippen molar-refractivity contribution in [1.82, 2.24) is 15.0 Å². The number of phenolic OH excluding ortho intramolecular Hbond substituents is 1. The number of rotatable bonds is 2. The molecule has 0 aliphatic rings. The van der Waals surface area contributed by atoms with Crippen LogP contribution in [0.5, 0.6) is 5.75 Å². The Hall–Kier alpha value is -2.41. The van der Waals surface area contributed by atoms with Crippen LogP contribution < -0.4 is 0 Å². The lowest BCUT2D eigenvalue weighted by Gasteiger charge is -2.00. The zero-order valence-electron chi connectivity index (χ0n) is 10.5. The van der Waals surface area contributed by atoms with Crippen LogP contribution in [0.2, 0.25) is 0 Å². The van der Waals surface area contributed by atoms with Crippen LogP contribution >= 0.6 is 0 Å². The fraction of sp³-hybridized carbons (Fsp3) is 0.0769. The van der Waals surface area contributed by atoms with Crippen molar-refractivity contribution in [3.63, 3.8) is 0 Å². The predicted octanol–water partition coefficient (Wildman–Crippen LogP) is 1.33. The van der Waals surface area contributed by atoms with Crippen molar-refractivity contribution in [2.24, 2.45) is 0 Å². The topological polar surface area (TPSA) is 85.1 Å². The van der Waals surface area contributed by atoms with Gasteiger partial charge in [-0.15, -0.1) is 15.0 Å². The van der Waals surface area contributed by atoms with Crippen LogP contribution in [0.4, 0.5) is 0 Å². The largest absolute Gasteiger partial charge is 0.506 e. The summed E-state index contributed by atoms with van der Waals surface area (Å²) in [4.78, 5) is 1.45. The molecule has 1 N–H and O–H groups in total. The maximum atomic E-state index is 11.5. The van der Waals surface area contributed by atoms with E-state index < -0.39 is 9.84 Å². The van der Waals surface area contributed by atoms with E-state index in [9.17, 15) is 13.5 Å². The lowest BCUT2D eigenvalue weighted by molar-refractivity contribution is 0.467. The summed E-state index contributed by atoms with van der Waals surface area (Å²) in [6.07, 6.45) is 1.14. The number of sulfone groups is 1. The van der Waals surface area contributed by atoms with Gasteiger partial charge >= 0.3 is 0 Å². The van der Waals surface area contributed by atoms with Crippen LogP contribution in [0.15, 0.2) is 41.3 Å². The molecule has 6 nitrogen and oxygen atoms in total. The molecule has 0 aliphatic heterocycles. The summed E-state index contributed by atoms with van der Waals surface area (Å²) in [5.41, 5.74) is 1.39. The number of nitrogens with zero attached hydrogens (tertiary/aromatic N) is 3. The summed E-state index contributed by atoms with van der Waals surface area (Å²) in [5.74, 6) is -0.00357. The maximum absolute atomic E-state index is 11.5. The van der Waals surface area contributed by atoms with E-state index in [0.717, 1.165) is 6.26 Å². The molecule has 0 saturated heterocycles. The van der Waals surface area contributed by atoms with Gasteiger partial charge in [0.2, 0.25) is 0 Å². The Morgan fingerprint density at radius 3 is 2.65 bits per heavy atom. The Morgan fingerprint density at radius 2 is 1.95 bits per heavy atom. The number of hydrogen-bond acceptors (Lipinski definition) is 5. The highest BCUT2D eigenvalue weighted by Crippen LogP contribution is 2.21. The van der Waals surface area contributed by atoms with Gasteiger partial charge in [0.25, 0.3) is 0 Å². The van der Waals surface area contributed by atoms with Crippen molar-refractivity contribution in [2.45, 2.75) is 4.90 Å². The van der Waals surface area contributed by atoms with Gasteiger partial charge in [0.05, 0.1) is 4.90 Å². The van der Waals surface area contributed by atoms with Crippen LogP contribution in [0.3, 0.4) is 0 Å². The van der Waals surface area contributed by atoms with Gasteiger partial charge in [-0.25, -0.2) is 8.42 Å². The standard InChI is InChI=1S/C13H10N3O3S/c1-20(18,19)9-6-7-10-11(8-9)15-16(14-10)12-4-2-3-5-13(12)17/h2,4-8,17H,1H3. The highest BCUT2D eigenvalue weighted by molar-refractivity contribution is 7.90. The highest BCUT2D eigenvalue weighted by Gasteiger charge is 2.12. The Bertz CT molecular complexity index is 900. The molecule has 3 rings (SSSR count). The van der Waals surface area contributed by atoms with Crippen LogP contribution in [0, 0.1) is 6.07 Å². The van der Waals surface area contributed by atoms with E-state index in [1.807, 2.05) is 0 Å². The first kappa shape index (κ1) is 12.6. The molecule has 1 aromatic heterocycles. The first-order valence-electron chi connectivity index (χ1n) is 5.72. The second kappa shape index (κ2) is 4.31. The van der Waals surface area contributed by atoms with E-state index >= 15 is 0 Å². The zero-order chi connectivity index (χ0) is 14.3. The molecule has 101 valence electrons. The van der Waals surface area contributed by atoms with E-state index in [-0.39, 0.29) is 10.6 Å². The zero-order valence-corrected chi connectivity index (χ0v) is 11.3. The fourth-order valence-electron chi connectivity index (χ4n) is 1.82. The van der Waals surface area contributed by atoms with Gasteiger partial charge in [0, 0.05) is 6.26 Å². The van der Waals surface area contributed by atoms with Gasteiger partial charge in [-0.2, -0.15) is 0 Å². The van der Waals surface area contributed by atoms with Crippen molar-refractivity contribution in [2.75, 3.05) is 6.26 Å². The molecule has 7 heteroatoms. The summed E-state index contributed by atoms with van der Waals surface area (Å²) in [7, 11) is -3.29. The molecule has 0 atom stereocenters. The van der Waals surface area contributed by atoms with Gasteiger partial charge in [0.1, 0.15) is 22.5 Å². The van der Waals surface area contributed by atoms with Crippen molar-refractivity contribution < 1.29 is 13.5 Å². The van der Waals surface area contributed by atoms with Gasteiger partial charge in [-0.1, -0.05) is 6.07 Å². The molecule has 1 heterocycles. The number of aromatic nitrogens is 3. The Morgan fingerprint density at radius 1 is 1.20 bits per heavy atom. The van der Waals surface area contributed by atoms with Crippen molar-refractivity contribution >= 4 is 20.9 Å². The van der Waals surface area contributed by atoms with Gasteiger partial charge in [-0.05, 0) is 36.4 Å². The predicted molar refractivity (Wildman–Crippen MR) is 72.5 cm³/mol. The molecule has 2 aromatic carbocycles. The maximum Gasteiger partial charge on any atom is 0.175 e. The third-order valence-corrected chi connectivity index (χ3v) is 3.93. The van der Waals surface area contributed by atoms with E-state index in [1.54, 1.807) is 18.2 Å². The smallest absolute Gasteiger partial charge is 0.175 e. The second-order valence-corrected chi connectivity index (χ2v) is 6.34. The van der Waals surface area contributed by atoms with Crippen LogP contribution in [0.1, 0.15) is 0 Å². The summed E-state index contributed by atoms with van der Waals surface area (Å²) in [6.45, 7) is 0. The number of aromatic hydroxyl groups is 1. The molecule has 0 amide bonds. The molecular formula is C13H10N3O3S. The Balaban J connectivity index is 2.19. The highest BCUT2D eigenvalue weighted by atomic mass is 32.2. The second-order valence-electron chi connectivity index (χ2n) is 4.33. The molecule has 0 fully saturated rings. The molecule has 3 aromatic rings. The van der Waals surface area contributed by atoms with Crippen molar-refractivity contribution in [3.8, 4) is 11.4 Å². The van der Waals surface area contributed by atoms with E-state index in [1.165, 1.54) is 23.0 Å². The van der Waals surface area contributed by atoms with Gasteiger partial charge in [-0.3, -0.25) is 0 Å². The lowest BCUT2D eigenvalue weighted by Crippen LogP contribution is -1.98. The van der Waals surface area contributed by atoms with Crippen molar-refractivity contribution in [1.29, 1.82) is 0 Å². The summed E-state index contributed by atoms with van der Waals surface area (Å²) in [5, 5.41) is 18.1. The quantitative estimate of drug-likeness (QED) is 0.769. The average molecular weight is 288 g/mol. The third-order valence-electron chi connectivity index (χ3n) is 2.82. The minimum Gasteiger partial charge on any atom is -0.506 e. The monoisotopic (exact) mass is 288 g/mol. The molecule has 0 unspecified atom stereocenters. The summed E-state index contributed by atoms with van der Waals surface area (Å²) >= 11 is 0. The molecular weight excluding hydrogens is 278 g/mol. The molecule has 0 aliphatic carbocycles. The minimum atomic E-state index is -3.29. The Kier molecular flexibility index (Phi) is 2.72. The minimum absolute atomic E-state index is 0.00357. The summed E-state index contributed by atoms with van der Waals surface area (Å²) < 4.78 is 23.0. The Labute approximate surface area is 115 Å². The van der Waals surface area contributed by atoms with E-state index in [4.69, 9.17) is 0 Å². The normalized spacial score (nSPS) is 11.8. The van der Waals surface area contributed by atoms with Crippen LogP contribution in [0.25, 0.3) is 16.7 Å². The first-order chi connectivity index (χ1) is 9.45. The lowest BCUT2D eigenvalue weighted by atomic mass is 10.3. The van der Waals surface area contributed by atoms with Gasteiger partial charge in [0.15, 0.2) is 9.84 Å². The summed E-state index contributed by atoms with van der Waals surface area (Å²) in [6, 6.07) is 11.9. The number of fused-ring (bicyclic) bond motifs is 1. The molecule has 0 spiro atoms. The first-order valence-corrected chi connectivity index (χ1v) is 7.61. The van der Waals surface area contributed by atoms with Crippen LogP contribution in [-0.2, 0) is 9.84 Å². The molecule has 1 radical (unpaired) electrons. The number of benzene rings is 2. The van der Waals surface area contributed by atoms with E-state index in [0.29, 0.717) is 16.7 Å². The van der Waals surface area contributed by atoms with E-state index in [2.05, 4.69) is 16.3 Å². The van der Waals surface area contributed by atoms with Gasteiger partial charge < -0.3 is 5.11 Å². The fourth-order valence-corrected chi connectivity index (χ4v) is 2.46. The molecule has 0 saturated carbocycles. The number of phenols is 1. The number of hydrogen-bond donors (Lipinski definition) is 1. The third kappa shape index (κ3) is 2.12. The SMILES string of the molecule is CS(=O)(=O)c1ccc2nn(-c3cc[c]cc3O)nc2c1. The van der Waals surface area contributed by atoms with Crippen LogP contribution in [-0.4, -0.2) is 34.8 Å². The van der Waals surface area contributed by atoms with Crippen molar-refractivity contribution in [3.05, 3.63) is 42.5 Å².